The third-order valence-corrected chi connectivity index (χ3v) is 4.78. The summed E-state index contributed by atoms with van der Waals surface area (Å²) in [5, 5.41) is 7.23. The summed E-state index contributed by atoms with van der Waals surface area (Å²) in [7, 11) is 0. The van der Waals surface area contributed by atoms with Crippen LogP contribution in [0.1, 0.15) is 27.4 Å². The van der Waals surface area contributed by atoms with E-state index in [-0.39, 0.29) is 11.6 Å². The first-order chi connectivity index (χ1) is 15.0. The molecule has 31 heavy (non-hydrogen) atoms. The van der Waals surface area contributed by atoms with Gasteiger partial charge in [0.1, 0.15) is 11.8 Å². The summed E-state index contributed by atoms with van der Waals surface area (Å²) >= 11 is 0. The molecule has 0 radical (unpaired) electrons. The van der Waals surface area contributed by atoms with Crippen LogP contribution in [-0.2, 0) is 0 Å². The van der Waals surface area contributed by atoms with Crippen molar-refractivity contribution in [2.45, 2.75) is 20.8 Å². The van der Waals surface area contributed by atoms with Gasteiger partial charge in [-0.2, -0.15) is 5.10 Å². The molecule has 0 bridgehead atoms. The molecule has 0 saturated heterocycles. The maximum atomic E-state index is 13.2. The number of benzene rings is 1. The molecule has 10 nitrogen and oxygen atoms in total. The lowest BCUT2D eigenvalue weighted by atomic mass is 10.1. The largest absolute Gasteiger partial charge is 0.417 e. The summed E-state index contributed by atoms with van der Waals surface area (Å²) in [5.41, 5.74) is 4.54. The third-order valence-electron chi connectivity index (χ3n) is 4.78. The van der Waals surface area contributed by atoms with Gasteiger partial charge in [0.2, 0.25) is 5.89 Å². The molecule has 0 aliphatic carbocycles. The lowest BCUT2D eigenvalue weighted by Crippen LogP contribution is -2.17. The Kier molecular flexibility index (Phi) is 4.32. The predicted molar refractivity (Wildman–Crippen MR) is 113 cm³/mol. The van der Waals surface area contributed by atoms with Crippen molar-refractivity contribution in [3.63, 3.8) is 0 Å². The molecule has 4 aromatic heterocycles. The highest BCUT2D eigenvalue weighted by Gasteiger charge is 2.25. The molecule has 154 valence electrons. The van der Waals surface area contributed by atoms with Crippen LogP contribution in [0, 0.1) is 20.8 Å². The summed E-state index contributed by atoms with van der Waals surface area (Å²) in [4.78, 5) is 32.9. The Morgan fingerprint density at radius 2 is 1.90 bits per heavy atom. The van der Waals surface area contributed by atoms with E-state index in [2.05, 4.69) is 35.3 Å². The van der Waals surface area contributed by atoms with Crippen molar-refractivity contribution in [2.75, 3.05) is 5.32 Å². The van der Waals surface area contributed by atoms with E-state index in [9.17, 15) is 4.79 Å². The van der Waals surface area contributed by atoms with Crippen molar-refractivity contribution in [3.05, 3.63) is 65.6 Å². The molecular formula is C21H18N8O2. The van der Waals surface area contributed by atoms with E-state index in [1.165, 1.54) is 12.7 Å². The number of hydrogen-bond donors (Lipinski definition) is 2. The monoisotopic (exact) mass is 414 g/mol. The van der Waals surface area contributed by atoms with Crippen molar-refractivity contribution >= 4 is 22.9 Å². The lowest BCUT2D eigenvalue weighted by molar-refractivity contribution is 0.102. The molecule has 10 heteroatoms. The number of amides is 1. The van der Waals surface area contributed by atoms with Gasteiger partial charge in [0.25, 0.3) is 11.8 Å². The van der Waals surface area contributed by atoms with Gasteiger partial charge in [-0.1, -0.05) is 17.7 Å². The van der Waals surface area contributed by atoms with Gasteiger partial charge in [0.15, 0.2) is 17.2 Å². The Morgan fingerprint density at radius 1 is 1.10 bits per heavy atom. The van der Waals surface area contributed by atoms with Crippen LogP contribution in [0.15, 0.2) is 47.4 Å². The van der Waals surface area contributed by atoms with E-state index in [1.54, 1.807) is 4.68 Å². The second-order valence-electron chi connectivity index (χ2n) is 7.16. The van der Waals surface area contributed by atoms with E-state index in [0.717, 1.165) is 22.5 Å². The molecule has 0 unspecified atom stereocenters. The maximum absolute atomic E-state index is 13.2. The standard InChI is InChI=1S/C21H18N8O2/c1-11-4-6-14(7-5-11)20-26-16(21(31-20)29-13(3)8-12(2)28-29)19(30)27-18-15-17(23-9-22-15)24-10-25-18/h4-10H,1-3H3,(H2,22,23,24,25,27,30). The predicted octanol–water partition coefficient (Wildman–Crippen LogP) is 3.37. The Labute approximate surface area is 176 Å². The number of carbonyl (C=O) groups is 1. The fourth-order valence-corrected chi connectivity index (χ4v) is 3.28. The highest BCUT2D eigenvalue weighted by atomic mass is 16.4. The molecular weight excluding hydrogens is 396 g/mol. The highest BCUT2D eigenvalue weighted by Crippen LogP contribution is 2.27. The molecule has 0 saturated carbocycles. The van der Waals surface area contributed by atoms with Crippen molar-refractivity contribution in [3.8, 4) is 17.3 Å². The molecule has 1 amide bonds. The molecule has 2 N–H and O–H groups in total. The maximum Gasteiger partial charge on any atom is 0.281 e. The van der Waals surface area contributed by atoms with Crippen molar-refractivity contribution in [2.24, 2.45) is 0 Å². The third kappa shape index (κ3) is 3.33. The van der Waals surface area contributed by atoms with E-state index >= 15 is 0 Å². The van der Waals surface area contributed by atoms with E-state index in [1.807, 2.05) is 51.1 Å². The van der Waals surface area contributed by atoms with Crippen LogP contribution in [0.3, 0.4) is 0 Å². The average Bonchev–Trinajstić information content (AvgIpc) is 3.47. The number of hydrogen-bond acceptors (Lipinski definition) is 7. The fraction of sp³-hybridized carbons (Fsp3) is 0.143. The molecule has 4 heterocycles. The van der Waals surface area contributed by atoms with Gasteiger partial charge >= 0.3 is 0 Å². The zero-order chi connectivity index (χ0) is 21.5. The average molecular weight is 414 g/mol. The van der Waals surface area contributed by atoms with Crippen LogP contribution < -0.4 is 5.32 Å². The normalized spacial score (nSPS) is 11.2. The van der Waals surface area contributed by atoms with Crippen LogP contribution in [-0.4, -0.2) is 40.6 Å². The summed E-state index contributed by atoms with van der Waals surface area (Å²) < 4.78 is 7.60. The Morgan fingerprint density at radius 3 is 2.65 bits per heavy atom. The zero-order valence-electron chi connectivity index (χ0n) is 17.0. The minimum atomic E-state index is -0.487. The second-order valence-corrected chi connectivity index (χ2v) is 7.16. The van der Waals surface area contributed by atoms with Crippen LogP contribution in [0.2, 0.25) is 0 Å². The van der Waals surface area contributed by atoms with E-state index in [4.69, 9.17) is 4.42 Å². The van der Waals surface area contributed by atoms with Gasteiger partial charge in [-0.05, 0) is 39.0 Å². The minimum absolute atomic E-state index is 0.0908. The van der Waals surface area contributed by atoms with Crippen LogP contribution in [0.4, 0.5) is 5.82 Å². The van der Waals surface area contributed by atoms with Crippen LogP contribution >= 0.6 is 0 Å². The number of aromatic nitrogens is 7. The number of oxazole rings is 1. The van der Waals surface area contributed by atoms with Gasteiger partial charge in [0, 0.05) is 11.3 Å². The van der Waals surface area contributed by atoms with Gasteiger partial charge in [-0.3, -0.25) is 4.79 Å². The van der Waals surface area contributed by atoms with Crippen molar-refractivity contribution in [1.29, 1.82) is 0 Å². The number of aryl methyl sites for hydroxylation is 3. The van der Waals surface area contributed by atoms with Gasteiger partial charge in [-0.15, -0.1) is 0 Å². The number of nitrogens with zero attached hydrogens (tertiary/aromatic N) is 6. The summed E-state index contributed by atoms with van der Waals surface area (Å²) in [6, 6.07) is 9.60. The number of anilines is 1. The van der Waals surface area contributed by atoms with Crippen molar-refractivity contribution < 1.29 is 9.21 Å². The first-order valence-corrected chi connectivity index (χ1v) is 9.56. The SMILES string of the molecule is Cc1ccc(-c2nc(C(=O)Nc3ncnc4nc[nH]c34)c(-n3nc(C)cc3C)o2)cc1. The number of carbonyl (C=O) groups excluding carboxylic acids is 1. The Hall–Kier alpha value is -4.34. The molecule has 0 atom stereocenters. The Bertz CT molecular complexity index is 1410. The highest BCUT2D eigenvalue weighted by molar-refractivity contribution is 6.07. The first kappa shape index (κ1) is 18.7. The number of imidazole rings is 1. The van der Waals surface area contributed by atoms with Crippen LogP contribution in [0.25, 0.3) is 28.5 Å². The molecule has 0 fully saturated rings. The molecule has 0 aliphatic rings. The second kappa shape index (κ2) is 7.17. The molecule has 0 spiro atoms. The zero-order valence-corrected chi connectivity index (χ0v) is 17.0. The smallest absolute Gasteiger partial charge is 0.281 e. The summed E-state index contributed by atoms with van der Waals surface area (Å²) in [6.45, 7) is 5.75. The molecule has 1 aromatic carbocycles. The Balaban J connectivity index is 1.60. The first-order valence-electron chi connectivity index (χ1n) is 9.56. The molecule has 5 aromatic rings. The fourth-order valence-electron chi connectivity index (χ4n) is 3.28. The van der Waals surface area contributed by atoms with Gasteiger partial charge in [0.05, 0.1) is 12.0 Å². The van der Waals surface area contributed by atoms with Gasteiger partial charge < -0.3 is 14.7 Å². The van der Waals surface area contributed by atoms with Crippen LogP contribution in [0.5, 0.6) is 0 Å². The number of fused-ring (bicyclic) bond motifs is 1. The van der Waals surface area contributed by atoms with Crippen molar-refractivity contribution in [1.82, 2.24) is 34.7 Å². The number of aromatic amines is 1. The minimum Gasteiger partial charge on any atom is -0.417 e. The lowest BCUT2D eigenvalue weighted by Gasteiger charge is -2.05. The van der Waals surface area contributed by atoms with Gasteiger partial charge in [-0.25, -0.2) is 24.6 Å². The van der Waals surface area contributed by atoms with E-state index < -0.39 is 5.91 Å². The van der Waals surface area contributed by atoms with E-state index in [0.29, 0.717) is 22.9 Å². The number of nitrogens with one attached hydrogen (secondary N) is 2. The molecule has 0 aliphatic heterocycles. The quantitative estimate of drug-likeness (QED) is 0.461. The number of rotatable bonds is 4. The summed E-state index contributed by atoms with van der Waals surface area (Å²) in [5.74, 6) is 0.363. The molecule has 5 rings (SSSR count). The number of H-pyrrole nitrogens is 1. The summed E-state index contributed by atoms with van der Waals surface area (Å²) in [6.07, 6.45) is 2.82. The topological polar surface area (TPSA) is 127 Å².